The van der Waals surface area contributed by atoms with Gasteiger partial charge in [0.05, 0.1) is 6.42 Å². The molecule has 2 rings (SSSR count). The fourth-order valence-corrected chi connectivity index (χ4v) is 2.85. The summed E-state index contributed by atoms with van der Waals surface area (Å²) in [5, 5.41) is 8.65. The number of carbonyl (C=O) groups is 2. The van der Waals surface area contributed by atoms with Gasteiger partial charge in [0, 0.05) is 38.3 Å². The molecule has 22 heavy (non-hydrogen) atoms. The molecular formula is C17H24N2O3. The van der Waals surface area contributed by atoms with E-state index in [9.17, 15) is 9.59 Å². The Hall–Kier alpha value is -2.04. The van der Waals surface area contributed by atoms with E-state index >= 15 is 0 Å². The molecule has 1 aromatic rings. The fraction of sp³-hybridized carbons (Fsp3) is 0.529. The lowest BCUT2D eigenvalue weighted by Gasteiger charge is -2.37. The molecule has 120 valence electrons. The van der Waals surface area contributed by atoms with E-state index in [0.29, 0.717) is 13.1 Å². The van der Waals surface area contributed by atoms with E-state index in [0.717, 1.165) is 13.1 Å². The topological polar surface area (TPSA) is 60.9 Å². The number of benzene rings is 1. The van der Waals surface area contributed by atoms with Gasteiger partial charge < -0.3 is 14.9 Å². The molecule has 1 aliphatic heterocycles. The Kier molecular flexibility index (Phi) is 5.06. The average molecular weight is 304 g/mol. The summed E-state index contributed by atoms with van der Waals surface area (Å²) in [5.41, 5.74) is 5.07. The standard InChI is InChI=1S/C17H24N2O3/c1-12-10-14(3)15(11-13(12)2)18-6-8-19(9-7-18)16(20)4-5-17(21)22/h10-11H,4-9H2,1-3H3,(H,21,22). The Morgan fingerprint density at radius 2 is 1.55 bits per heavy atom. The number of aliphatic carboxylic acids is 1. The lowest BCUT2D eigenvalue weighted by molar-refractivity contribution is -0.141. The largest absolute Gasteiger partial charge is 0.481 e. The number of aryl methyl sites for hydroxylation is 3. The van der Waals surface area contributed by atoms with E-state index in [1.165, 1.54) is 22.4 Å². The SMILES string of the molecule is Cc1cc(C)c(N2CCN(C(=O)CCC(=O)O)CC2)cc1C. The maximum absolute atomic E-state index is 12.0. The molecule has 1 amide bonds. The molecule has 0 unspecified atom stereocenters. The lowest BCUT2D eigenvalue weighted by Crippen LogP contribution is -2.49. The minimum absolute atomic E-state index is 0.0566. The van der Waals surface area contributed by atoms with Gasteiger partial charge in [0.1, 0.15) is 0 Å². The number of carboxylic acids is 1. The van der Waals surface area contributed by atoms with Gasteiger partial charge in [-0.05, 0) is 43.5 Å². The van der Waals surface area contributed by atoms with Crippen LogP contribution in [-0.4, -0.2) is 48.1 Å². The smallest absolute Gasteiger partial charge is 0.303 e. The second-order valence-corrected chi connectivity index (χ2v) is 5.98. The van der Waals surface area contributed by atoms with E-state index in [4.69, 9.17) is 5.11 Å². The first kappa shape index (κ1) is 16.3. The van der Waals surface area contributed by atoms with Crippen molar-refractivity contribution in [2.24, 2.45) is 0 Å². The van der Waals surface area contributed by atoms with Crippen molar-refractivity contribution in [2.45, 2.75) is 33.6 Å². The highest BCUT2D eigenvalue weighted by Crippen LogP contribution is 2.25. The zero-order chi connectivity index (χ0) is 16.3. The first-order valence-corrected chi connectivity index (χ1v) is 7.71. The number of anilines is 1. The number of nitrogens with zero attached hydrogens (tertiary/aromatic N) is 2. The van der Waals surface area contributed by atoms with Crippen molar-refractivity contribution in [1.29, 1.82) is 0 Å². The molecule has 1 fully saturated rings. The van der Waals surface area contributed by atoms with Crippen LogP contribution in [0.4, 0.5) is 5.69 Å². The lowest BCUT2D eigenvalue weighted by atomic mass is 10.0. The van der Waals surface area contributed by atoms with Gasteiger partial charge >= 0.3 is 5.97 Å². The molecular weight excluding hydrogens is 280 g/mol. The maximum atomic E-state index is 12.0. The highest BCUT2D eigenvalue weighted by Gasteiger charge is 2.22. The van der Waals surface area contributed by atoms with Crippen LogP contribution in [0.3, 0.4) is 0 Å². The summed E-state index contributed by atoms with van der Waals surface area (Å²) in [6, 6.07) is 4.42. The number of hydrogen-bond acceptors (Lipinski definition) is 3. The number of rotatable bonds is 4. The van der Waals surface area contributed by atoms with Crippen LogP contribution in [0.1, 0.15) is 29.5 Å². The molecule has 1 heterocycles. The minimum atomic E-state index is -0.919. The molecule has 0 atom stereocenters. The van der Waals surface area contributed by atoms with Gasteiger partial charge in [-0.3, -0.25) is 9.59 Å². The van der Waals surface area contributed by atoms with Crippen molar-refractivity contribution in [3.63, 3.8) is 0 Å². The molecule has 0 saturated carbocycles. The van der Waals surface area contributed by atoms with E-state index in [1.807, 2.05) is 0 Å². The Bertz CT molecular complexity index is 576. The van der Waals surface area contributed by atoms with Crippen molar-refractivity contribution in [3.8, 4) is 0 Å². The van der Waals surface area contributed by atoms with Gasteiger partial charge in [0.15, 0.2) is 0 Å². The molecule has 0 bridgehead atoms. The van der Waals surface area contributed by atoms with Gasteiger partial charge in [-0.2, -0.15) is 0 Å². The van der Waals surface area contributed by atoms with Crippen LogP contribution in [0.25, 0.3) is 0 Å². The predicted molar refractivity (Wildman–Crippen MR) is 86.3 cm³/mol. The Morgan fingerprint density at radius 3 is 2.14 bits per heavy atom. The molecule has 0 spiro atoms. The molecule has 1 aromatic carbocycles. The summed E-state index contributed by atoms with van der Waals surface area (Å²) in [6.07, 6.45) is 0.00726. The first-order valence-electron chi connectivity index (χ1n) is 7.71. The fourth-order valence-electron chi connectivity index (χ4n) is 2.85. The molecule has 0 aliphatic carbocycles. The number of piperazine rings is 1. The predicted octanol–water partition coefficient (Wildman–Crippen LogP) is 2.13. The highest BCUT2D eigenvalue weighted by atomic mass is 16.4. The molecule has 0 aromatic heterocycles. The monoisotopic (exact) mass is 304 g/mol. The summed E-state index contributed by atoms with van der Waals surface area (Å²) in [4.78, 5) is 26.6. The molecule has 1 aliphatic rings. The average Bonchev–Trinajstić information content (AvgIpc) is 2.48. The van der Waals surface area contributed by atoms with Gasteiger partial charge in [0.2, 0.25) is 5.91 Å². The first-order chi connectivity index (χ1) is 10.4. The highest BCUT2D eigenvalue weighted by molar-refractivity contribution is 5.81. The van der Waals surface area contributed by atoms with Crippen molar-refractivity contribution in [3.05, 3.63) is 28.8 Å². The molecule has 1 saturated heterocycles. The van der Waals surface area contributed by atoms with E-state index in [2.05, 4.69) is 37.8 Å². The van der Waals surface area contributed by atoms with Gasteiger partial charge in [-0.15, -0.1) is 0 Å². The van der Waals surface area contributed by atoms with Gasteiger partial charge in [-0.1, -0.05) is 6.07 Å². The van der Waals surface area contributed by atoms with Crippen LogP contribution in [0.5, 0.6) is 0 Å². The van der Waals surface area contributed by atoms with Crippen LogP contribution >= 0.6 is 0 Å². The number of hydrogen-bond donors (Lipinski definition) is 1. The normalized spacial score (nSPS) is 15.0. The number of carbonyl (C=O) groups excluding carboxylic acids is 1. The van der Waals surface area contributed by atoms with Crippen molar-refractivity contribution in [2.75, 3.05) is 31.1 Å². The third kappa shape index (κ3) is 3.78. The Labute approximate surface area is 131 Å². The number of carboxylic acid groups (broad SMARTS) is 1. The third-order valence-electron chi connectivity index (χ3n) is 4.34. The number of amides is 1. The van der Waals surface area contributed by atoms with Crippen LogP contribution in [0.2, 0.25) is 0 Å². The summed E-state index contributed by atoms with van der Waals surface area (Å²) in [5.74, 6) is -0.975. The second-order valence-electron chi connectivity index (χ2n) is 5.98. The third-order valence-corrected chi connectivity index (χ3v) is 4.34. The maximum Gasteiger partial charge on any atom is 0.303 e. The summed E-state index contributed by atoms with van der Waals surface area (Å²) < 4.78 is 0. The second kappa shape index (κ2) is 6.81. The van der Waals surface area contributed by atoms with Crippen molar-refractivity contribution >= 4 is 17.6 Å². The molecule has 0 radical (unpaired) electrons. The van der Waals surface area contributed by atoms with E-state index in [1.54, 1.807) is 4.90 Å². The molecule has 5 nitrogen and oxygen atoms in total. The Morgan fingerprint density at radius 1 is 0.955 bits per heavy atom. The minimum Gasteiger partial charge on any atom is -0.481 e. The molecule has 5 heteroatoms. The van der Waals surface area contributed by atoms with E-state index < -0.39 is 5.97 Å². The zero-order valence-electron chi connectivity index (χ0n) is 13.6. The summed E-state index contributed by atoms with van der Waals surface area (Å²) in [7, 11) is 0. The van der Waals surface area contributed by atoms with Gasteiger partial charge in [-0.25, -0.2) is 0 Å². The van der Waals surface area contributed by atoms with Crippen LogP contribution in [0, 0.1) is 20.8 Å². The van der Waals surface area contributed by atoms with E-state index in [-0.39, 0.29) is 18.7 Å². The van der Waals surface area contributed by atoms with Crippen LogP contribution < -0.4 is 4.90 Å². The summed E-state index contributed by atoms with van der Waals surface area (Å²) >= 11 is 0. The van der Waals surface area contributed by atoms with Crippen molar-refractivity contribution in [1.82, 2.24) is 4.90 Å². The van der Waals surface area contributed by atoms with Gasteiger partial charge in [0.25, 0.3) is 0 Å². The van der Waals surface area contributed by atoms with Crippen LogP contribution in [0.15, 0.2) is 12.1 Å². The van der Waals surface area contributed by atoms with Crippen molar-refractivity contribution < 1.29 is 14.7 Å². The summed E-state index contributed by atoms with van der Waals surface area (Å²) in [6.45, 7) is 9.25. The Balaban J connectivity index is 1.96. The molecule has 1 N–H and O–H groups in total. The quantitative estimate of drug-likeness (QED) is 0.925. The zero-order valence-corrected chi connectivity index (χ0v) is 13.6. The van der Waals surface area contributed by atoms with Crippen LogP contribution in [-0.2, 0) is 9.59 Å².